The van der Waals surface area contributed by atoms with Crippen molar-refractivity contribution in [3.05, 3.63) is 52.6 Å². The van der Waals surface area contributed by atoms with Crippen LogP contribution in [-0.2, 0) is 4.57 Å². The van der Waals surface area contributed by atoms with Crippen LogP contribution in [0, 0.1) is 0 Å². The summed E-state index contributed by atoms with van der Waals surface area (Å²) in [7, 11) is -3.37. The molecule has 0 aromatic carbocycles. The van der Waals surface area contributed by atoms with E-state index in [0.29, 0.717) is 13.1 Å². The molecule has 0 rings (SSSR count). The summed E-state index contributed by atoms with van der Waals surface area (Å²) < 4.78 is 8.48. The fraction of sp³-hybridized carbons (Fsp3) is 0.200. The summed E-state index contributed by atoms with van der Waals surface area (Å²) in [6.45, 7) is 25.2. The third-order valence-corrected chi connectivity index (χ3v) is 0.167. The van der Waals surface area contributed by atoms with Gasteiger partial charge in [0.1, 0.15) is 0 Å². The van der Waals surface area contributed by atoms with Crippen LogP contribution in [0.3, 0.4) is 0 Å². The van der Waals surface area contributed by atoms with Crippen molar-refractivity contribution in [2.45, 2.75) is 0 Å². The van der Waals surface area contributed by atoms with Gasteiger partial charge < -0.3 is 21.3 Å². The standard InChI is InChI=1S/C2H8N2.4C2H4.2Na.HO3P/c3-1-2-4;4*1-2;;;1-4(2)3/h1-4H2;4*1-2H2;;;(H,1,2,3)/q;;;;;2*+1;/p-1. The first-order valence-electron chi connectivity index (χ1n) is 3.86. The summed E-state index contributed by atoms with van der Waals surface area (Å²) in [6.07, 6.45) is 0. The van der Waals surface area contributed by atoms with E-state index >= 15 is 0 Å². The third kappa shape index (κ3) is 1180. The molecule has 0 bridgehead atoms. The van der Waals surface area contributed by atoms with E-state index in [1.165, 1.54) is 0 Å². The molecule has 5 nitrogen and oxygen atoms in total. The molecule has 0 unspecified atom stereocenters. The van der Waals surface area contributed by atoms with Crippen molar-refractivity contribution in [2.24, 2.45) is 11.5 Å². The van der Waals surface area contributed by atoms with E-state index < -0.39 is 8.25 Å². The van der Waals surface area contributed by atoms with Crippen molar-refractivity contribution in [1.82, 2.24) is 0 Å². The summed E-state index contributed by atoms with van der Waals surface area (Å²) in [5, 5.41) is 0. The largest absolute Gasteiger partial charge is 1.00 e. The molecule has 0 aliphatic heterocycles. The van der Waals surface area contributed by atoms with Crippen LogP contribution in [-0.4, -0.2) is 13.1 Å². The van der Waals surface area contributed by atoms with E-state index in [9.17, 15) is 0 Å². The Morgan fingerprint density at radius 3 is 0.778 bits per heavy atom. The quantitative estimate of drug-likeness (QED) is 0.285. The Morgan fingerprint density at radius 1 is 0.722 bits per heavy atom. The molecule has 0 fully saturated rings. The zero-order chi connectivity index (χ0) is 15.0. The van der Waals surface area contributed by atoms with Gasteiger partial charge in [-0.25, -0.2) is 0 Å². The molecule has 0 aromatic heterocycles. The number of nitrogens with two attached hydrogens (primary N) is 2. The molecule has 0 aromatic rings. The first-order valence-corrected chi connectivity index (χ1v) is 4.96. The van der Waals surface area contributed by atoms with E-state index in [2.05, 4.69) is 52.6 Å². The minimum absolute atomic E-state index is 0. The summed E-state index contributed by atoms with van der Waals surface area (Å²) in [5.41, 5.74) is 9.81. The van der Waals surface area contributed by atoms with Crippen LogP contribution in [0.1, 0.15) is 0 Å². The minimum Gasteiger partial charge on any atom is -0.598 e. The first kappa shape index (κ1) is 51.0. The molecule has 0 saturated carbocycles. The fourth-order valence-corrected chi connectivity index (χ4v) is 0. The van der Waals surface area contributed by atoms with Crippen molar-refractivity contribution in [1.29, 1.82) is 0 Å². The Kier molecular flexibility index (Phi) is 416. The van der Waals surface area contributed by atoms with Crippen molar-refractivity contribution in [3.63, 3.8) is 0 Å². The molecule has 0 heterocycles. The first-order chi connectivity index (χ1) is 7.65. The fourth-order valence-electron chi connectivity index (χ4n) is 0. The predicted molar refractivity (Wildman–Crippen MR) is 70.7 cm³/mol. The van der Waals surface area contributed by atoms with E-state index in [0.717, 1.165) is 0 Å². The van der Waals surface area contributed by atoms with Gasteiger partial charge in [0.2, 0.25) is 0 Å². The second kappa shape index (κ2) is 147. The second-order valence-corrected chi connectivity index (χ2v) is 1.25. The number of rotatable bonds is 1. The zero-order valence-electron chi connectivity index (χ0n) is 11.9. The molecule has 18 heavy (non-hydrogen) atoms. The molecule has 0 aliphatic rings. The third-order valence-electron chi connectivity index (χ3n) is 0.167. The van der Waals surface area contributed by atoms with Crippen LogP contribution in [0.5, 0.6) is 0 Å². The van der Waals surface area contributed by atoms with Gasteiger partial charge in [0.05, 0.1) is 0 Å². The molecule has 4 N–H and O–H groups in total. The molecular weight excluding hydrogens is 273 g/mol. The maximum Gasteiger partial charge on any atom is 1.00 e. The van der Waals surface area contributed by atoms with E-state index in [1.54, 1.807) is 0 Å². The second-order valence-electron chi connectivity index (χ2n) is 0.801. The number of hydrogen-bond donors (Lipinski definition) is 2. The van der Waals surface area contributed by atoms with Crippen LogP contribution in [0.4, 0.5) is 0 Å². The van der Waals surface area contributed by atoms with Crippen LogP contribution < -0.4 is 80.4 Å². The van der Waals surface area contributed by atoms with Crippen LogP contribution in [0.25, 0.3) is 0 Å². The van der Waals surface area contributed by atoms with E-state index in [-0.39, 0.29) is 59.1 Å². The molecule has 0 amide bonds. The summed E-state index contributed by atoms with van der Waals surface area (Å²) in [5.74, 6) is 0. The Balaban J connectivity index is -0.0000000113. The molecule has 98 valence electrons. The number of hydrogen-bond acceptors (Lipinski definition) is 5. The molecule has 0 saturated heterocycles. The van der Waals surface area contributed by atoms with Gasteiger partial charge in [-0.3, -0.25) is 0 Å². The van der Waals surface area contributed by atoms with Gasteiger partial charge in [0, 0.05) is 13.1 Å². The van der Waals surface area contributed by atoms with Gasteiger partial charge in [-0.05, 0) is 0 Å². The van der Waals surface area contributed by atoms with Gasteiger partial charge in [0.15, 0.2) is 0 Å². The topological polar surface area (TPSA) is 115 Å². The summed E-state index contributed by atoms with van der Waals surface area (Å²) in [6, 6.07) is 0. The molecule has 0 atom stereocenters. The Hall–Kier alpha value is 0.900. The van der Waals surface area contributed by atoms with Crippen molar-refractivity contribution in [2.75, 3.05) is 13.1 Å². The summed E-state index contributed by atoms with van der Waals surface area (Å²) in [4.78, 5) is 17.0. The zero-order valence-corrected chi connectivity index (χ0v) is 16.8. The molecule has 0 aliphatic carbocycles. The summed E-state index contributed by atoms with van der Waals surface area (Å²) >= 11 is 0. The van der Waals surface area contributed by atoms with Crippen molar-refractivity contribution in [3.8, 4) is 0 Å². The van der Waals surface area contributed by atoms with Crippen LogP contribution in [0.15, 0.2) is 52.6 Å². The SMILES string of the molecule is C=C.C=C.C=C.C=C.NCCN.O=[P+]([O-])[O-].[Na+].[Na+]. The minimum atomic E-state index is -3.37. The average molecular weight is 297 g/mol. The maximum absolute atomic E-state index is 8.48. The van der Waals surface area contributed by atoms with E-state index in [1.807, 2.05) is 0 Å². The van der Waals surface area contributed by atoms with Crippen molar-refractivity contribution < 1.29 is 73.5 Å². The van der Waals surface area contributed by atoms with Crippen molar-refractivity contribution >= 4 is 8.25 Å². The van der Waals surface area contributed by atoms with E-state index in [4.69, 9.17) is 25.8 Å². The maximum atomic E-state index is 8.48. The molecular formula is C10H24N2Na2O3P+. The average Bonchev–Trinajstić information content (AvgIpc) is 2.38. The van der Waals surface area contributed by atoms with Gasteiger partial charge in [-0.15, -0.1) is 52.6 Å². The molecule has 0 radical (unpaired) electrons. The Bertz CT molecular complexity index is 101. The van der Waals surface area contributed by atoms with Gasteiger partial charge in [-0.2, -0.15) is 0 Å². The predicted octanol–water partition coefficient (Wildman–Crippen LogP) is -5.52. The Labute approximate surface area is 157 Å². The normalized spacial score (nSPS) is 4.00. The Morgan fingerprint density at radius 2 is 0.778 bits per heavy atom. The van der Waals surface area contributed by atoms with Crippen LogP contribution >= 0.6 is 8.25 Å². The van der Waals surface area contributed by atoms with Gasteiger partial charge in [0.25, 0.3) is 8.25 Å². The monoisotopic (exact) mass is 297 g/mol. The van der Waals surface area contributed by atoms with Gasteiger partial charge >= 0.3 is 59.1 Å². The smallest absolute Gasteiger partial charge is 0.598 e. The molecule has 0 spiro atoms. The van der Waals surface area contributed by atoms with Crippen LogP contribution in [0.2, 0.25) is 0 Å². The van der Waals surface area contributed by atoms with Gasteiger partial charge in [-0.1, -0.05) is 4.57 Å². The molecule has 8 heteroatoms.